The molecule has 0 aliphatic heterocycles. The highest BCUT2D eigenvalue weighted by atomic mass is 14.9. The van der Waals surface area contributed by atoms with Crippen LogP contribution >= 0.6 is 0 Å². The lowest BCUT2D eigenvalue weighted by atomic mass is 10.1. The molecule has 0 unspecified atom stereocenters. The number of pyridine rings is 1. The highest BCUT2D eigenvalue weighted by molar-refractivity contribution is 5.58. The summed E-state index contributed by atoms with van der Waals surface area (Å²) in [5, 5.41) is 3.72. The lowest BCUT2D eigenvalue weighted by Gasteiger charge is -2.16. The normalized spacial score (nSPS) is 16.6. The van der Waals surface area contributed by atoms with Gasteiger partial charge in [-0.1, -0.05) is 56.0 Å². The molecular weight excluding hydrogens is 256 g/mol. The predicted molar refractivity (Wildman–Crippen MR) is 88.0 cm³/mol. The first-order valence-electron chi connectivity index (χ1n) is 8.15. The maximum absolute atomic E-state index is 4.39. The van der Waals surface area contributed by atoms with E-state index in [9.17, 15) is 0 Å². The minimum absolute atomic E-state index is 0.711. The zero-order chi connectivity index (χ0) is 14.3. The summed E-state index contributed by atoms with van der Waals surface area (Å²) >= 11 is 0. The zero-order valence-corrected chi connectivity index (χ0v) is 12.6. The van der Waals surface area contributed by atoms with E-state index in [-0.39, 0.29) is 0 Å². The molecule has 0 amide bonds. The van der Waals surface area contributed by atoms with Crippen LogP contribution < -0.4 is 5.32 Å². The largest absolute Gasteiger partial charge is 0.310 e. The molecule has 2 aromatic rings. The molecule has 2 nitrogen and oxygen atoms in total. The Labute approximate surface area is 127 Å². The van der Waals surface area contributed by atoms with Crippen LogP contribution in [-0.4, -0.2) is 11.0 Å². The molecule has 1 saturated carbocycles. The smallest absolute Gasteiger partial charge is 0.0701 e. The van der Waals surface area contributed by atoms with Crippen LogP contribution in [0.4, 0.5) is 0 Å². The second kappa shape index (κ2) is 7.37. The number of rotatable bonds is 4. The summed E-state index contributed by atoms with van der Waals surface area (Å²) in [6, 6.07) is 15.5. The Hall–Kier alpha value is -1.67. The van der Waals surface area contributed by atoms with Crippen molar-refractivity contribution in [1.82, 2.24) is 10.3 Å². The van der Waals surface area contributed by atoms with Crippen molar-refractivity contribution in [1.29, 1.82) is 0 Å². The lowest BCUT2D eigenvalue weighted by Crippen LogP contribution is -2.27. The molecule has 0 saturated heterocycles. The minimum Gasteiger partial charge on any atom is -0.310 e. The van der Waals surface area contributed by atoms with Gasteiger partial charge in [-0.25, -0.2) is 0 Å². The molecule has 2 heteroatoms. The van der Waals surface area contributed by atoms with Gasteiger partial charge in [-0.15, -0.1) is 0 Å². The SMILES string of the molecule is c1ccc(-c2ccc(CNC3CCCCCC3)cc2)nc1. The van der Waals surface area contributed by atoms with Crippen LogP contribution in [0.25, 0.3) is 11.3 Å². The Morgan fingerprint density at radius 2 is 1.67 bits per heavy atom. The van der Waals surface area contributed by atoms with E-state index >= 15 is 0 Å². The standard InChI is InChI=1S/C19H24N2/c1-2-4-8-18(7-3-1)21-15-16-10-12-17(13-11-16)19-9-5-6-14-20-19/h5-6,9-14,18,21H,1-4,7-8,15H2. The van der Waals surface area contributed by atoms with E-state index < -0.39 is 0 Å². The molecule has 1 aromatic carbocycles. The fourth-order valence-corrected chi connectivity index (χ4v) is 3.07. The molecular formula is C19H24N2. The Balaban J connectivity index is 1.57. The summed E-state index contributed by atoms with van der Waals surface area (Å²) in [5.41, 5.74) is 3.59. The third-order valence-electron chi connectivity index (χ3n) is 4.36. The van der Waals surface area contributed by atoms with E-state index in [1.165, 1.54) is 49.7 Å². The number of hydrogen-bond acceptors (Lipinski definition) is 2. The fraction of sp³-hybridized carbons (Fsp3) is 0.421. The molecule has 0 atom stereocenters. The summed E-state index contributed by atoms with van der Waals surface area (Å²) in [6.07, 6.45) is 10.1. The second-order valence-corrected chi connectivity index (χ2v) is 5.98. The molecule has 1 heterocycles. The number of benzene rings is 1. The average molecular weight is 280 g/mol. The summed E-state index contributed by atoms with van der Waals surface area (Å²) < 4.78 is 0. The van der Waals surface area contributed by atoms with Gasteiger partial charge in [-0.05, 0) is 30.5 Å². The molecule has 0 bridgehead atoms. The van der Waals surface area contributed by atoms with E-state index in [1.54, 1.807) is 0 Å². The Morgan fingerprint density at radius 3 is 2.33 bits per heavy atom. The Kier molecular flexibility index (Phi) is 5.01. The summed E-state index contributed by atoms with van der Waals surface area (Å²) in [6.45, 7) is 0.979. The molecule has 1 fully saturated rings. The van der Waals surface area contributed by atoms with Gasteiger partial charge in [-0.2, -0.15) is 0 Å². The quantitative estimate of drug-likeness (QED) is 0.830. The van der Waals surface area contributed by atoms with Gasteiger partial charge in [-0.3, -0.25) is 4.98 Å². The second-order valence-electron chi connectivity index (χ2n) is 5.98. The number of hydrogen-bond donors (Lipinski definition) is 1. The van der Waals surface area contributed by atoms with Crippen molar-refractivity contribution in [2.75, 3.05) is 0 Å². The van der Waals surface area contributed by atoms with Crippen molar-refractivity contribution < 1.29 is 0 Å². The van der Waals surface area contributed by atoms with Gasteiger partial charge in [0.25, 0.3) is 0 Å². The van der Waals surface area contributed by atoms with Crippen molar-refractivity contribution in [3.8, 4) is 11.3 Å². The number of nitrogens with one attached hydrogen (secondary N) is 1. The topological polar surface area (TPSA) is 24.9 Å². The first kappa shape index (κ1) is 14.3. The fourth-order valence-electron chi connectivity index (χ4n) is 3.07. The predicted octanol–water partition coefficient (Wildman–Crippen LogP) is 4.56. The third kappa shape index (κ3) is 4.15. The molecule has 1 N–H and O–H groups in total. The monoisotopic (exact) mass is 280 g/mol. The third-order valence-corrected chi connectivity index (χ3v) is 4.36. The number of aromatic nitrogens is 1. The molecule has 3 rings (SSSR count). The van der Waals surface area contributed by atoms with Gasteiger partial charge in [0.1, 0.15) is 0 Å². The van der Waals surface area contributed by atoms with Gasteiger partial charge in [0, 0.05) is 24.3 Å². The van der Waals surface area contributed by atoms with Crippen molar-refractivity contribution in [2.24, 2.45) is 0 Å². The number of nitrogens with zero attached hydrogens (tertiary/aromatic N) is 1. The first-order chi connectivity index (χ1) is 10.4. The van der Waals surface area contributed by atoms with Crippen LogP contribution in [0.5, 0.6) is 0 Å². The highest BCUT2D eigenvalue weighted by Crippen LogP contribution is 2.19. The molecule has 0 radical (unpaired) electrons. The van der Waals surface area contributed by atoms with Gasteiger partial charge in [0.2, 0.25) is 0 Å². The molecule has 1 aliphatic carbocycles. The minimum atomic E-state index is 0.711. The summed E-state index contributed by atoms with van der Waals surface area (Å²) in [4.78, 5) is 4.39. The van der Waals surface area contributed by atoms with Crippen molar-refractivity contribution in [3.63, 3.8) is 0 Å². The zero-order valence-electron chi connectivity index (χ0n) is 12.6. The maximum Gasteiger partial charge on any atom is 0.0701 e. The molecule has 0 spiro atoms. The van der Waals surface area contributed by atoms with Crippen LogP contribution in [-0.2, 0) is 6.54 Å². The van der Waals surface area contributed by atoms with E-state index in [0.29, 0.717) is 6.04 Å². The lowest BCUT2D eigenvalue weighted by molar-refractivity contribution is 0.459. The van der Waals surface area contributed by atoms with Crippen LogP contribution in [0.15, 0.2) is 48.7 Å². The molecule has 1 aromatic heterocycles. The van der Waals surface area contributed by atoms with Crippen LogP contribution in [0.2, 0.25) is 0 Å². The summed E-state index contributed by atoms with van der Waals surface area (Å²) in [7, 11) is 0. The van der Waals surface area contributed by atoms with E-state index in [4.69, 9.17) is 0 Å². The van der Waals surface area contributed by atoms with Crippen LogP contribution in [0, 0.1) is 0 Å². The van der Waals surface area contributed by atoms with Gasteiger partial charge in [0.15, 0.2) is 0 Å². The van der Waals surface area contributed by atoms with Gasteiger partial charge >= 0.3 is 0 Å². The highest BCUT2D eigenvalue weighted by Gasteiger charge is 2.11. The Morgan fingerprint density at radius 1 is 0.905 bits per heavy atom. The van der Waals surface area contributed by atoms with Crippen molar-refractivity contribution >= 4 is 0 Å². The average Bonchev–Trinajstić information content (AvgIpc) is 2.83. The molecule has 1 aliphatic rings. The van der Waals surface area contributed by atoms with E-state index in [0.717, 1.165) is 12.2 Å². The van der Waals surface area contributed by atoms with Gasteiger partial charge in [0.05, 0.1) is 5.69 Å². The van der Waals surface area contributed by atoms with E-state index in [1.807, 2.05) is 18.3 Å². The summed E-state index contributed by atoms with van der Waals surface area (Å²) in [5.74, 6) is 0. The molecule has 110 valence electrons. The van der Waals surface area contributed by atoms with Crippen molar-refractivity contribution in [3.05, 3.63) is 54.2 Å². The molecule has 21 heavy (non-hydrogen) atoms. The van der Waals surface area contributed by atoms with Crippen molar-refractivity contribution in [2.45, 2.75) is 51.1 Å². The first-order valence-corrected chi connectivity index (χ1v) is 8.15. The van der Waals surface area contributed by atoms with Crippen LogP contribution in [0.3, 0.4) is 0 Å². The maximum atomic E-state index is 4.39. The van der Waals surface area contributed by atoms with E-state index in [2.05, 4.69) is 40.6 Å². The Bertz CT molecular complexity index is 525. The van der Waals surface area contributed by atoms with Crippen LogP contribution in [0.1, 0.15) is 44.1 Å². The van der Waals surface area contributed by atoms with Gasteiger partial charge < -0.3 is 5.32 Å².